The molecule has 0 radical (unpaired) electrons. The SMILES string of the molecule is CCCCCCCCCCCC(OC(CCCCCCCCCCC)c1ccccc1)c1ccccc1. The Balaban J connectivity index is 1.83. The molecule has 0 aliphatic rings. The van der Waals surface area contributed by atoms with E-state index in [-0.39, 0.29) is 12.2 Å². The van der Waals surface area contributed by atoms with Crippen molar-refractivity contribution in [3.63, 3.8) is 0 Å². The molecule has 0 saturated carbocycles. The molecular formula is C36H58O. The van der Waals surface area contributed by atoms with Gasteiger partial charge in [-0.05, 0) is 24.0 Å². The summed E-state index contributed by atoms with van der Waals surface area (Å²) < 4.78 is 6.97. The predicted octanol–water partition coefficient (Wildman–Crippen LogP) is 12.3. The topological polar surface area (TPSA) is 9.23 Å². The highest BCUT2D eigenvalue weighted by Crippen LogP contribution is 2.34. The van der Waals surface area contributed by atoms with Crippen LogP contribution in [0.4, 0.5) is 0 Å². The molecule has 1 nitrogen and oxygen atoms in total. The predicted molar refractivity (Wildman–Crippen MR) is 163 cm³/mol. The fourth-order valence-corrected chi connectivity index (χ4v) is 5.44. The van der Waals surface area contributed by atoms with Crippen molar-refractivity contribution in [3.8, 4) is 0 Å². The molecule has 208 valence electrons. The highest BCUT2D eigenvalue weighted by atomic mass is 16.5. The van der Waals surface area contributed by atoms with Gasteiger partial charge in [0, 0.05) is 0 Å². The molecule has 0 N–H and O–H groups in total. The monoisotopic (exact) mass is 506 g/mol. The van der Waals surface area contributed by atoms with E-state index in [1.165, 1.54) is 127 Å². The van der Waals surface area contributed by atoms with Gasteiger partial charge in [-0.1, -0.05) is 190 Å². The second-order valence-electron chi connectivity index (χ2n) is 11.2. The van der Waals surface area contributed by atoms with Gasteiger partial charge in [0.25, 0.3) is 0 Å². The second kappa shape index (κ2) is 22.4. The van der Waals surface area contributed by atoms with Crippen LogP contribution in [0.5, 0.6) is 0 Å². The van der Waals surface area contributed by atoms with Gasteiger partial charge in [0.2, 0.25) is 0 Å². The largest absolute Gasteiger partial charge is 0.366 e. The zero-order valence-electron chi connectivity index (χ0n) is 24.5. The summed E-state index contributed by atoms with van der Waals surface area (Å²) in [4.78, 5) is 0. The van der Waals surface area contributed by atoms with Gasteiger partial charge in [0.05, 0.1) is 12.2 Å². The highest BCUT2D eigenvalue weighted by molar-refractivity contribution is 5.20. The Kier molecular flexibility index (Phi) is 19.1. The first-order valence-corrected chi connectivity index (χ1v) is 16.1. The summed E-state index contributed by atoms with van der Waals surface area (Å²) in [7, 11) is 0. The van der Waals surface area contributed by atoms with Crippen LogP contribution in [0.3, 0.4) is 0 Å². The van der Waals surface area contributed by atoms with Gasteiger partial charge in [-0.2, -0.15) is 0 Å². The van der Waals surface area contributed by atoms with Crippen molar-refractivity contribution < 1.29 is 4.74 Å². The molecule has 2 unspecified atom stereocenters. The number of ether oxygens (including phenoxy) is 1. The highest BCUT2D eigenvalue weighted by Gasteiger charge is 2.19. The second-order valence-corrected chi connectivity index (χ2v) is 11.2. The maximum absolute atomic E-state index is 6.97. The number of unbranched alkanes of at least 4 members (excludes halogenated alkanes) is 16. The number of hydrogen-bond acceptors (Lipinski definition) is 1. The number of hydrogen-bond donors (Lipinski definition) is 0. The Labute approximate surface area is 230 Å². The quantitative estimate of drug-likeness (QED) is 0.129. The van der Waals surface area contributed by atoms with Crippen LogP contribution in [0.15, 0.2) is 60.7 Å². The minimum Gasteiger partial charge on any atom is -0.366 e. The summed E-state index contributed by atoms with van der Waals surface area (Å²) in [5, 5.41) is 0. The summed E-state index contributed by atoms with van der Waals surface area (Å²) in [5.74, 6) is 0. The molecule has 0 heterocycles. The van der Waals surface area contributed by atoms with Crippen LogP contribution in [-0.2, 0) is 4.74 Å². The lowest BCUT2D eigenvalue weighted by atomic mass is 9.98. The van der Waals surface area contributed by atoms with Crippen molar-refractivity contribution >= 4 is 0 Å². The zero-order chi connectivity index (χ0) is 26.2. The Morgan fingerprint density at radius 2 is 0.703 bits per heavy atom. The molecule has 0 bridgehead atoms. The summed E-state index contributed by atoms with van der Waals surface area (Å²) in [5.41, 5.74) is 2.69. The Morgan fingerprint density at radius 1 is 0.405 bits per heavy atom. The molecule has 0 spiro atoms. The smallest absolute Gasteiger partial charge is 0.0833 e. The van der Waals surface area contributed by atoms with E-state index >= 15 is 0 Å². The van der Waals surface area contributed by atoms with Gasteiger partial charge >= 0.3 is 0 Å². The van der Waals surface area contributed by atoms with Crippen molar-refractivity contribution in [2.45, 2.75) is 154 Å². The van der Waals surface area contributed by atoms with Gasteiger partial charge in [0.1, 0.15) is 0 Å². The van der Waals surface area contributed by atoms with Crippen LogP contribution in [0, 0.1) is 0 Å². The molecule has 2 aromatic carbocycles. The Bertz CT molecular complexity index is 661. The molecule has 1 heteroatoms. The molecule has 0 amide bonds. The van der Waals surface area contributed by atoms with Crippen molar-refractivity contribution in [2.75, 3.05) is 0 Å². The van der Waals surface area contributed by atoms with Crippen LogP contribution < -0.4 is 0 Å². The molecule has 0 aliphatic heterocycles. The lowest BCUT2D eigenvalue weighted by Gasteiger charge is -2.26. The first-order valence-electron chi connectivity index (χ1n) is 16.1. The Morgan fingerprint density at radius 3 is 1.03 bits per heavy atom. The molecular weight excluding hydrogens is 448 g/mol. The molecule has 0 fully saturated rings. The fraction of sp³-hybridized carbons (Fsp3) is 0.667. The maximum Gasteiger partial charge on any atom is 0.0833 e. The maximum atomic E-state index is 6.97. The van der Waals surface area contributed by atoms with E-state index in [4.69, 9.17) is 4.74 Å². The lowest BCUT2D eigenvalue weighted by molar-refractivity contribution is -0.0264. The van der Waals surface area contributed by atoms with Gasteiger partial charge in [-0.25, -0.2) is 0 Å². The van der Waals surface area contributed by atoms with Crippen LogP contribution in [-0.4, -0.2) is 0 Å². The first kappa shape index (κ1) is 31.6. The van der Waals surface area contributed by atoms with Gasteiger partial charge in [-0.3, -0.25) is 0 Å². The minimum atomic E-state index is 0.189. The minimum absolute atomic E-state index is 0.189. The van der Waals surface area contributed by atoms with Gasteiger partial charge in [0.15, 0.2) is 0 Å². The number of benzene rings is 2. The molecule has 0 aliphatic carbocycles. The first-order chi connectivity index (χ1) is 18.3. The third-order valence-corrected chi connectivity index (χ3v) is 7.81. The lowest BCUT2D eigenvalue weighted by Crippen LogP contribution is -2.11. The van der Waals surface area contributed by atoms with E-state index in [2.05, 4.69) is 74.5 Å². The van der Waals surface area contributed by atoms with Crippen molar-refractivity contribution in [1.29, 1.82) is 0 Å². The standard InChI is InChI=1S/C36H58O/c1-3-5-7-9-11-13-15-17-25-31-35(33-27-21-19-22-28-33)37-36(34-29-23-20-24-30-34)32-26-18-16-14-12-10-8-6-4-2/h19-24,27-30,35-36H,3-18,25-26,31-32H2,1-2H3. The van der Waals surface area contributed by atoms with E-state index in [1.54, 1.807) is 0 Å². The normalized spacial score (nSPS) is 13.0. The third-order valence-electron chi connectivity index (χ3n) is 7.81. The fourth-order valence-electron chi connectivity index (χ4n) is 5.44. The van der Waals surface area contributed by atoms with E-state index in [0.717, 1.165) is 12.8 Å². The van der Waals surface area contributed by atoms with E-state index < -0.39 is 0 Å². The Hall–Kier alpha value is -1.60. The van der Waals surface area contributed by atoms with Crippen LogP contribution in [0.25, 0.3) is 0 Å². The van der Waals surface area contributed by atoms with E-state index in [9.17, 15) is 0 Å². The van der Waals surface area contributed by atoms with Crippen molar-refractivity contribution in [1.82, 2.24) is 0 Å². The molecule has 37 heavy (non-hydrogen) atoms. The summed E-state index contributed by atoms with van der Waals surface area (Å²) in [6.45, 7) is 4.59. The average Bonchev–Trinajstić information content (AvgIpc) is 2.94. The number of rotatable bonds is 24. The molecule has 2 aromatic rings. The van der Waals surface area contributed by atoms with Crippen molar-refractivity contribution in [3.05, 3.63) is 71.8 Å². The third kappa shape index (κ3) is 15.4. The summed E-state index contributed by atoms with van der Waals surface area (Å²) in [6, 6.07) is 22.0. The summed E-state index contributed by atoms with van der Waals surface area (Å²) in [6.07, 6.45) is 27.3. The van der Waals surface area contributed by atoms with E-state index in [0.29, 0.717) is 0 Å². The average molecular weight is 507 g/mol. The zero-order valence-corrected chi connectivity index (χ0v) is 24.5. The van der Waals surface area contributed by atoms with Crippen molar-refractivity contribution in [2.24, 2.45) is 0 Å². The molecule has 2 rings (SSSR count). The summed E-state index contributed by atoms with van der Waals surface area (Å²) >= 11 is 0. The van der Waals surface area contributed by atoms with Crippen LogP contribution in [0.2, 0.25) is 0 Å². The molecule has 0 saturated heterocycles. The molecule has 0 aromatic heterocycles. The van der Waals surface area contributed by atoms with Crippen LogP contribution in [0.1, 0.15) is 166 Å². The van der Waals surface area contributed by atoms with Gasteiger partial charge in [-0.15, -0.1) is 0 Å². The van der Waals surface area contributed by atoms with Gasteiger partial charge < -0.3 is 4.74 Å². The molecule has 2 atom stereocenters. The van der Waals surface area contributed by atoms with Crippen LogP contribution >= 0.6 is 0 Å². The van der Waals surface area contributed by atoms with E-state index in [1.807, 2.05) is 0 Å².